The Kier molecular flexibility index (Phi) is 4.99. The number of hydrogen-bond acceptors (Lipinski definition) is 4. The molecular formula is C17H17N3O2. The number of benzene rings is 2. The van der Waals surface area contributed by atoms with Crippen LogP contribution in [-0.4, -0.2) is 12.0 Å². The Bertz CT molecular complexity index is 690. The van der Waals surface area contributed by atoms with Gasteiger partial charge < -0.3 is 15.8 Å². The molecule has 0 aliphatic rings. The summed E-state index contributed by atoms with van der Waals surface area (Å²) in [6, 6.07) is 16.2. The van der Waals surface area contributed by atoms with E-state index >= 15 is 0 Å². The van der Waals surface area contributed by atoms with E-state index in [1.54, 1.807) is 55.5 Å². The van der Waals surface area contributed by atoms with Crippen molar-refractivity contribution in [3.05, 3.63) is 54.1 Å². The highest BCUT2D eigenvalue weighted by Crippen LogP contribution is 2.18. The number of anilines is 2. The number of carbonyl (C=O) groups excluding carboxylic acids is 1. The standard InChI is InChI=1S/C17H17N3O2/c1-12(17(21)20-16-5-3-2-4-15(16)19)22-14-8-6-13(7-9-14)10-11-18/h2-9,12H,10,19H2,1H3,(H,20,21). The van der Waals surface area contributed by atoms with Gasteiger partial charge >= 0.3 is 0 Å². The molecule has 0 fully saturated rings. The molecule has 0 aliphatic carbocycles. The second kappa shape index (κ2) is 7.14. The van der Waals surface area contributed by atoms with Crippen molar-refractivity contribution in [1.82, 2.24) is 0 Å². The Hall–Kier alpha value is -3.00. The van der Waals surface area contributed by atoms with Crippen molar-refractivity contribution in [2.75, 3.05) is 11.1 Å². The number of amides is 1. The number of hydrogen-bond donors (Lipinski definition) is 2. The first-order chi connectivity index (χ1) is 10.6. The number of nitrogens with one attached hydrogen (secondary N) is 1. The maximum absolute atomic E-state index is 12.1. The molecule has 1 unspecified atom stereocenters. The zero-order valence-corrected chi connectivity index (χ0v) is 12.2. The lowest BCUT2D eigenvalue weighted by Gasteiger charge is -2.15. The van der Waals surface area contributed by atoms with E-state index in [1.165, 1.54) is 0 Å². The first kappa shape index (κ1) is 15.4. The number of carbonyl (C=O) groups is 1. The molecule has 112 valence electrons. The van der Waals surface area contributed by atoms with Crippen molar-refractivity contribution in [3.63, 3.8) is 0 Å². The number of ether oxygens (including phenoxy) is 1. The van der Waals surface area contributed by atoms with Gasteiger partial charge in [0.05, 0.1) is 23.9 Å². The summed E-state index contributed by atoms with van der Waals surface area (Å²) in [5, 5.41) is 11.4. The van der Waals surface area contributed by atoms with Gasteiger partial charge in [-0.25, -0.2) is 0 Å². The first-order valence-electron chi connectivity index (χ1n) is 6.88. The van der Waals surface area contributed by atoms with Crippen LogP contribution < -0.4 is 15.8 Å². The van der Waals surface area contributed by atoms with Crippen molar-refractivity contribution in [1.29, 1.82) is 5.26 Å². The molecule has 5 nitrogen and oxygen atoms in total. The molecule has 0 saturated heterocycles. The molecule has 0 radical (unpaired) electrons. The van der Waals surface area contributed by atoms with E-state index in [1.807, 2.05) is 0 Å². The lowest BCUT2D eigenvalue weighted by molar-refractivity contribution is -0.122. The quantitative estimate of drug-likeness (QED) is 0.830. The molecule has 1 amide bonds. The number of nitrogen functional groups attached to an aromatic ring is 1. The molecule has 0 spiro atoms. The predicted octanol–water partition coefficient (Wildman–Crippen LogP) is 2.74. The normalized spacial score (nSPS) is 11.3. The van der Waals surface area contributed by atoms with Gasteiger partial charge in [0.1, 0.15) is 5.75 Å². The van der Waals surface area contributed by atoms with Gasteiger partial charge in [0.25, 0.3) is 5.91 Å². The van der Waals surface area contributed by atoms with E-state index < -0.39 is 6.10 Å². The minimum Gasteiger partial charge on any atom is -0.481 e. The second-order valence-electron chi connectivity index (χ2n) is 4.82. The van der Waals surface area contributed by atoms with Gasteiger partial charge in [-0.15, -0.1) is 0 Å². The van der Waals surface area contributed by atoms with Gasteiger partial charge in [0.2, 0.25) is 0 Å². The Labute approximate surface area is 129 Å². The fourth-order valence-corrected chi connectivity index (χ4v) is 1.88. The van der Waals surface area contributed by atoms with Gasteiger partial charge in [-0.1, -0.05) is 24.3 Å². The third-order valence-corrected chi connectivity index (χ3v) is 3.11. The smallest absolute Gasteiger partial charge is 0.265 e. The zero-order valence-electron chi connectivity index (χ0n) is 12.2. The van der Waals surface area contributed by atoms with Crippen molar-refractivity contribution in [3.8, 4) is 11.8 Å². The molecule has 0 aliphatic heterocycles. The highest BCUT2D eigenvalue weighted by Gasteiger charge is 2.15. The highest BCUT2D eigenvalue weighted by atomic mass is 16.5. The molecule has 2 rings (SSSR count). The summed E-state index contributed by atoms with van der Waals surface area (Å²) in [4.78, 5) is 12.1. The van der Waals surface area contributed by atoms with E-state index in [4.69, 9.17) is 15.7 Å². The predicted molar refractivity (Wildman–Crippen MR) is 85.3 cm³/mol. The van der Waals surface area contributed by atoms with Crippen LogP contribution in [0.25, 0.3) is 0 Å². The van der Waals surface area contributed by atoms with Gasteiger partial charge in [-0.2, -0.15) is 5.26 Å². The van der Waals surface area contributed by atoms with Gasteiger partial charge in [-0.3, -0.25) is 4.79 Å². The fourth-order valence-electron chi connectivity index (χ4n) is 1.88. The van der Waals surface area contributed by atoms with E-state index in [0.717, 1.165) is 5.56 Å². The summed E-state index contributed by atoms with van der Waals surface area (Å²) in [7, 11) is 0. The molecule has 0 saturated carbocycles. The molecule has 1 atom stereocenters. The summed E-state index contributed by atoms with van der Waals surface area (Å²) in [6.07, 6.45) is -0.315. The van der Waals surface area contributed by atoms with Gasteiger partial charge in [-0.05, 0) is 36.8 Å². The van der Waals surface area contributed by atoms with Crippen LogP contribution in [0, 0.1) is 11.3 Å². The summed E-state index contributed by atoms with van der Waals surface area (Å²) in [5.41, 5.74) is 7.76. The highest BCUT2D eigenvalue weighted by molar-refractivity contribution is 5.96. The van der Waals surface area contributed by atoms with Crippen molar-refractivity contribution >= 4 is 17.3 Å². The van der Waals surface area contributed by atoms with Crippen LogP contribution in [0.4, 0.5) is 11.4 Å². The molecule has 0 bridgehead atoms. The zero-order chi connectivity index (χ0) is 15.9. The van der Waals surface area contributed by atoms with Crippen LogP contribution in [0.3, 0.4) is 0 Å². The molecule has 3 N–H and O–H groups in total. The molecule has 0 heterocycles. The van der Waals surface area contributed by atoms with Crippen LogP contribution in [-0.2, 0) is 11.2 Å². The van der Waals surface area contributed by atoms with Crippen LogP contribution >= 0.6 is 0 Å². The van der Waals surface area contributed by atoms with Crippen LogP contribution in [0.15, 0.2) is 48.5 Å². The summed E-state index contributed by atoms with van der Waals surface area (Å²) in [6.45, 7) is 1.66. The summed E-state index contributed by atoms with van der Waals surface area (Å²) >= 11 is 0. The monoisotopic (exact) mass is 295 g/mol. The summed E-state index contributed by atoms with van der Waals surface area (Å²) in [5.74, 6) is 0.296. The molecule has 5 heteroatoms. The minimum atomic E-state index is -0.665. The number of rotatable bonds is 5. The van der Waals surface area contributed by atoms with Gasteiger partial charge in [0, 0.05) is 0 Å². The third-order valence-electron chi connectivity index (χ3n) is 3.11. The molecule has 2 aromatic rings. The molecule has 22 heavy (non-hydrogen) atoms. The van der Waals surface area contributed by atoms with Crippen molar-refractivity contribution < 1.29 is 9.53 Å². The average molecular weight is 295 g/mol. The maximum atomic E-state index is 12.1. The third kappa shape index (κ3) is 4.00. The Morgan fingerprint density at radius 1 is 1.27 bits per heavy atom. The number of para-hydroxylation sites is 2. The summed E-state index contributed by atoms with van der Waals surface area (Å²) < 4.78 is 5.59. The topological polar surface area (TPSA) is 88.1 Å². The molecule has 0 aromatic heterocycles. The van der Waals surface area contributed by atoms with Crippen molar-refractivity contribution in [2.45, 2.75) is 19.4 Å². The molecule has 2 aromatic carbocycles. The maximum Gasteiger partial charge on any atom is 0.265 e. The van der Waals surface area contributed by atoms with Gasteiger partial charge in [0.15, 0.2) is 6.10 Å². The Morgan fingerprint density at radius 3 is 2.59 bits per heavy atom. The lowest BCUT2D eigenvalue weighted by Crippen LogP contribution is -2.30. The first-order valence-corrected chi connectivity index (χ1v) is 6.88. The average Bonchev–Trinajstić information content (AvgIpc) is 2.51. The van der Waals surface area contributed by atoms with Crippen LogP contribution in [0.5, 0.6) is 5.75 Å². The fraction of sp³-hybridized carbons (Fsp3) is 0.176. The number of nitrogens with two attached hydrogens (primary N) is 1. The minimum absolute atomic E-state index is 0.279. The second-order valence-corrected chi connectivity index (χ2v) is 4.82. The number of nitrogens with zero attached hydrogens (tertiary/aromatic N) is 1. The van der Waals surface area contributed by atoms with E-state index in [9.17, 15) is 4.79 Å². The Morgan fingerprint density at radius 2 is 1.95 bits per heavy atom. The number of nitriles is 1. The van der Waals surface area contributed by atoms with E-state index in [-0.39, 0.29) is 5.91 Å². The lowest BCUT2D eigenvalue weighted by atomic mass is 10.2. The SMILES string of the molecule is CC(Oc1ccc(CC#N)cc1)C(=O)Nc1ccccc1N. The van der Waals surface area contributed by atoms with E-state index in [2.05, 4.69) is 11.4 Å². The van der Waals surface area contributed by atoms with Crippen LogP contribution in [0.1, 0.15) is 12.5 Å². The molecular weight excluding hydrogens is 278 g/mol. The largest absolute Gasteiger partial charge is 0.481 e. The van der Waals surface area contributed by atoms with Crippen LogP contribution in [0.2, 0.25) is 0 Å². The van der Waals surface area contributed by atoms with Crippen molar-refractivity contribution in [2.24, 2.45) is 0 Å². The Balaban J connectivity index is 1.96. The van der Waals surface area contributed by atoms with E-state index in [0.29, 0.717) is 23.5 Å².